The van der Waals surface area contributed by atoms with Crippen LogP contribution in [0.2, 0.25) is 0 Å². The molecule has 8 heavy (non-hydrogen) atoms. The summed E-state index contributed by atoms with van der Waals surface area (Å²) >= 11 is 0. The van der Waals surface area contributed by atoms with Crippen LogP contribution in [0.15, 0.2) is 0 Å². The van der Waals surface area contributed by atoms with Crippen molar-refractivity contribution in [2.75, 3.05) is 13.2 Å². The molecule has 0 aliphatic carbocycles. The normalized spacial score (nSPS) is 6.75. The molecule has 0 aromatic carbocycles. The molecule has 0 bridgehead atoms. The molecule has 0 unspecified atom stereocenters. The molecule has 0 fully saturated rings. The summed E-state index contributed by atoms with van der Waals surface area (Å²) in [6.07, 6.45) is 0. The van der Waals surface area contributed by atoms with Crippen LogP contribution in [-0.2, 0) is 0 Å². The molecule has 6 heteroatoms. The van der Waals surface area contributed by atoms with E-state index in [0.29, 0.717) is 0 Å². The summed E-state index contributed by atoms with van der Waals surface area (Å²) in [5, 5.41) is 28.9. The zero-order valence-electron chi connectivity index (χ0n) is 4.02. The maximum absolute atomic E-state index is 8.36. The first kappa shape index (κ1) is 10.2. The largest absolute Gasteiger partial charge is 0.394 e. The minimum absolute atomic E-state index is 0.125. The van der Waals surface area contributed by atoms with Gasteiger partial charge >= 0.3 is 0 Å². The van der Waals surface area contributed by atoms with Gasteiger partial charge in [-0.15, -0.1) is 10.1 Å². The molecule has 0 spiro atoms. The van der Waals surface area contributed by atoms with Crippen LogP contribution in [-0.4, -0.2) is 33.7 Å². The van der Waals surface area contributed by atoms with Gasteiger partial charge in [-0.3, -0.25) is 0 Å². The van der Waals surface area contributed by atoms with E-state index in [9.17, 15) is 0 Å². The lowest BCUT2D eigenvalue weighted by Crippen LogP contribution is -1.85. The maximum atomic E-state index is 8.36. The van der Waals surface area contributed by atoms with Gasteiger partial charge in [0.2, 0.25) is 0 Å². The van der Waals surface area contributed by atoms with Crippen molar-refractivity contribution in [2.45, 2.75) is 0 Å². The molecular formula is C2H7NO5. The third-order valence-corrected chi connectivity index (χ3v) is 0.1000. The predicted octanol–water partition coefficient (Wildman–Crippen LogP) is -1.38. The van der Waals surface area contributed by atoms with Gasteiger partial charge in [0.05, 0.1) is 13.2 Å². The van der Waals surface area contributed by atoms with Gasteiger partial charge in [0.1, 0.15) is 0 Å². The highest BCUT2D eigenvalue weighted by Crippen LogP contribution is 1.39. The van der Waals surface area contributed by atoms with E-state index in [2.05, 4.69) is 0 Å². The molecule has 0 atom stereocenters. The van der Waals surface area contributed by atoms with Gasteiger partial charge in [-0.25, -0.2) is 0 Å². The zero-order chi connectivity index (χ0) is 6.99. The Morgan fingerprint density at radius 1 is 1.38 bits per heavy atom. The van der Waals surface area contributed by atoms with Crippen LogP contribution < -0.4 is 0 Å². The first-order valence-corrected chi connectivity index (χ1v) is 1.70. The van der Waals surface area contributed by atoms with E-state index in [1.165, 1.54) is 0 Å². The summed E-state index contributed by atoms with van der Waals surface area (Å²) < 4.78 is 0. The Balaban J connectivity index is 0. The lowest BCUT2D eigenvalue weighted by molar-refractivity contribution is -0.742. The summed E-state index contributed by atoms with van der Waals surface area (Å²) in [6, 6.07) is 0. The second-order valence-electron chi connectivity index (χ2n) is 0.685. The summed E-state index contributed by atoms with van der Waals surface area (Å²) in [4.78, 5) is 8.36. The van der Waals surface area contributed by atoms with Gasteiger partial charge in [0.25, 0.3) is 5.09 Å². The van der Waals surface area contributed by atoms with E-state index in [-0.39, 0.29) is 13.2 Å². The first-order valence-electron chi connectivity index (χ1n) is 1.70. The van der Waals surface area contributed by atoms with Gasteiger partial charge in [-0.05, 0) is 0 Å². The van der Waals surface area contributed by atoms with Crippen molar-refractivity contribution in [1.82, 2.24) is 0 Å². The Kier molecular flexibility index (Phi) is 12.0. The smallest absolute Gasteiger partial charge is 0.291 e. The van der Waals surface area contributed by atoms with Gasteiger partial charge in [-0.2, -0.15) is 0 Å². The third kappa shape index (κ3) is 6040. The molecule has 0 amide bonds. The highest BCUT2D eigenvalue weighted by atomic mass is 16.9. The van der Waals surface area contributed by atoms with Gasteiger partial charge in [0, 0.05) is 0 Å². The molecule has 0 saturated heterocycles. The maximum Gasteiger partial charge on any atom is 0.291 e. The number of hydrogen-bond acceptors (Lipinski definition) is 4. The van der Waals surface area contributed by atoms with E-state index in [1.54, 1.807) is 0 Å². The van der Waals surface area contributed by atoms with Crippen molar-refractivity contribution in [2.24, 2.45) is 0 Å². The van der Waals surface area contributed by atoms with Crippen LogP contribution in [0.25, 0.3) is 0 Å². The molecule has 0 heterocycles. The average molecular weight is 125 g/mol. The Morgan fingerprint density at radius 3 is 1.50 bits per heavy atom. The first-order chi connectivity index (χ1) is 3.65. The van der Waals surface area contributed by atoms with E-state index in [1.807, 2.05) is 0 Å². The number of nitrogens with zero attached hydrogens (tertiary/aromatic N) is 1. The zero-order valence-corrected chi connectivity index (χ0v) is 4.02. The number of aliphatic hydroxyl groups is 2. The lowest BCUT2D eigenvalue weighted by Gasteiger charge is -1.70. The van der Waals surface area contributed by atoms with E-state index < -0.39 is 5.09 Å². The van der Waals surface area contributed by atoms with Crippen LogP contribution >= 0.6 is 0 Å². The summed E-state index contributed by atoms with van der Waals surface area (Å²) in [5.74, 6) is 0. The summed E-state index contributed by atoms with van der Waals surface area (Å²) in [6.45, 7) is -0.250. The molecule has 0 aliphatic rings. The summed E-state index contributed by atoms with van der Waals surface area (Å²) in [7, 11) is 0. The molecule has 0 aromatic rings. The van der Waals surface area contributed by atoms with Crippen molar-refractivity contribution in [3.63, 3.8) is 0 Å². The van der Waals surface area contributed by atoms with Crippen molar-refractivity contribution in [3.05, 3.63) is 10.1 Å². The highest BCUT2D eigenvalue weighted by molar-refractivity contribution is 4.06. The van der Waals surface area contributed by atoms with Crippen molar-refractivity contribution in [3.8, 4) is 0 Å². The monoisotopic (exact) mass is 125 g/mol. The topological polar surface area (TPSA) is 104 Å². The Labute approximate surface area is 45.1 Å². The second kappa shape index (κ2) is 9.45. The van der Waals surface area contributed by atoms with E-state index >= 15 is 0 Å². The predicted molar refractivity (Wildman–Crippen MR) is 23.0 cm³/mol. The molecule has 0 rings (SSSR count). The van der Waals surface area contributed by atoms with Crippen LogP contribution in [0.4, 0.5) is 0 Å². The molecule has 0 radical (unpaired) electrons. The molecular weight excluding hydrogens is 118 g/mol. The fraction of sp³-hybridized carbons (Fsp3) is 1.00. The summed E-state index contributed by atoms with van der Waals surface area (Å²) in [5.41, 5.74) is 0. The minimum atomic E-state index is -1.50. The Hall–Kier alpha value is -0.880. The second-order valence-corrected chi connectivity index (χ2v) is 0.685. The van der Waals surface area contributed by atoms with Crippen LogP contribution in [0.1, 0.15) is 0 Å². The van der Waals surface area contributed by atoms with E-state index in [0.717, 1.165) is 0 Å². The Morgan fingerprint density at radius 2 is 1.50 bits per heavy atom. The lowest BCUT2D eigenvalue weighted by atomic mass is 10.8. The standard InChI is InChI=1S/C2H6O2.HNO3/c3-1-2-4;2-1(3)4/h3-4H,1-2H2;(H,2,3,4). The number of hydrogen-bond donors (Lipinski definition) is 3. The Bertz CT molecular complexity index is 48.4. The molecule has 3 N–H and O–H groups in total. The molecule has 6 nitrogen and oxygen atoms in total. The quantitative estimate of drug-likeness (QED) is 0.296. The van der Waals surface area contributed by atoms with Crippen molar-refractivity contribution < 1.29 is 20.5 Å². The highest BCUT2D eigenvalue weighted by Gasteiger charge is 1.65. The molecule has 0 saturated carbocycles. The third-order valence-electron chi connectivity index (χ3n) is 0.1000. The van der Waals surface area contributed by atoms with Crippen molar-refractivity contribution in [1.29, 1.82) is 0 Å². The van der Waals surface area contributed by atoms with E-state index in [4.69, 9.17) is 25.5 Å². The van der Waals surface area contributed by atoms with Crippen molar-refractivity contribution >= 4 is 0 Å². The fourth-order valence-corrected chi connectivity index (χ4v) is 0. The van der Waals surface area contributed by atoms with Crippen LogP contribution in [0, 0.1) is 10.1 Å². The average Bonchev–Trinajstić information content (AvgIpc) is 1.65. The van der Waals surface area contributed by atoms with Crippen LogP contribution in [0.3, 0.4) is 0 Å². The number of rotatable bonds is 1. The van der Waals surface area contributed by atoms with Gasteiger partial charge in [0.15, 0.2) is 0 Å². The molecule has 50 valence electrons. The van der Waals surface area contributed by atoms with Crippen LogP contribution in [0.5, 0.6) is 0 Å². The molecule has 0 aromatic heterocycles. The fourth-order valence-electron chi connectivity index (χ4n) is 0. The van der Waals surface area contributed by atoms with Gasteiger partial charge < -0.3 is 15.4 Å². The minimum Gasteiger partial charge on any atom is -0.394 e. The SMILES string of the molecule is O=[N+]([O-])O.OCCO. The molecule has 0 aliphatic heterocycles. The van der Waals surface area contributed by atoms with Gasteiger partial charge in [-0.1, -0.05) is 0 Å². The number of aliphatic hydroxyl groups excluding tert-OH is 2.